The lowest BCUT2D eigenvalue weighted by Crippen LogP contribution is -2.33. The molecule has 3 nitrogen and oxygen atoms in total. The smallest absolute Gasteiger partial charge is 0.494 e. The van der Waals surface area contributed by atoms with Gasteiger partial charge in [-0.15, -0.1) is 0 Å². The summed E-state index contributed by atoms with van der Waals surface area (Å²) in [5, 5.41) is 9.08. The van der Waals surface area contributed by atoms with Crippen molar-refractivity contribution in [2.24, 2.45) is 0 Å². The highest BCUT2D eigenvalue weighted by Crippen LogP contribution is 2.13. The van der Waals surface area contributed by atoms with Gasteiger partial charge < -0.3 is 14.0 Å². The molecule has 0 aliphatic heterocycles. The minimum atomic E-state index is -1.49. The van der Waals surface area contributed by atoms with Gasteiger partial charge in [-0.25, -0.2) is 4.39 Å². The second-order valence-electron chi connectivity index (χ2n) is 2.30. The van der Waals surface area contributed by atoms with Crippen LogP contribution in [0.4, 0.5) is 4.39 Å². The van der Waals surface area contributed by atoms with Gasteiger partial charge >= 0.3 is 7.12 Å². The Balaban J connectivity index is 3.08. The number of ether oxygens (including phenoxy) is 1. The van der Waals surface area contributed by atoms with Crippen LogP contribution in [0, 0.1) is 5.82 Å². The van der Waals surface area contributed by atoms with Crippen molar-refractivity contribution in [2.45, 2.75) is 0 Å². The van der Waals surface area contributed by atoms with Crippen LogP contribution in [0.3, 0.4) is 0 Å². The Bertz CT molecular complexity index is 297. The van der Waals surface area contributed by atoms with Gasteiger partial charge in [0.25, 0.3) is 0 Å². The van der Waals surface area contributed by atoms with Gasteiger partial charge in [0.1, 0.15) is 0 Å². The van der Waals surface area contributed by atoms with Crippen LogP contribution < -0.4 is 10.2 Å². The molecular formula is C7H7BClFO3. The van der Waals surface area contributed by atoms with E-state index in [4.69, 9.17) is 21.6 Å². The van der Waals surface area contributed by atoms with E-state index in [1.165, 1.54) is 25.3 Å². The van der Waals surface area contributed by atoms with E-state index < -0.39 is 12.9 Å². The van der Waals surface area contributed by atoms with Crippen molar-refractivity contribution >= 4 is 24.4 Å². The first-order valence-corrected chi connectivity index (χ1v) is 3.79. The van der Waals surface area contributed by atoms with Gasteiger partial charge in [0, 0.05) is 17.3 Å². The van der Waals surface area contributed by atoms with Crippen molar-refractivity contribution < 1.29 is 18.4 Å². The Labute approximate surface area is 80.4 Å². The molecule has 13 heavy (non-hydrogen) atoms. The molecule has 1 rings (SSSR count). The zero-order chi connectivity index (χ0) is 9.84. The fraction of sp³-hybridized carbons (Fsp3) is 0.143. The molecule has 6 heteroatoms. The molecule has 0 spiro atoms. The number of halogens is 2. The zero-order valence-corrected chi connectivity index (χ0v) is 7.58. The molecule has 1 N–H and O–H groups in total. The summed E-state index contributed by atoms with van der Waals surface area (Å²) in [5.74, 6) is -0.650. The molecule has 0 saturated heterocycles. The first-order chi connectivity index (χ1) is 6.20. The molecule has 0 unspecified atom stereocenters. The largest absolute Gasteiger partial charge is 0.511 e. The molecule has 0 heterocycles. The van der Waals surface area contributed by atoms with E-state index in [0.717, 1.165) is 0 Å². The molecule has 0 atom stereocenters. The number of benzene rings is 1. The molecule has 0 aliphatic carbocycles. The van der Waals surface area contributed by atoms with Crippen molar-refractivity contribution in [3.63, 3.8) is 0 Å². The molecule has 0 radical (unpaired) electrons. The highest BCUT2D eigenvalue weighted by atomic mass is 35.5. The van der Waals surface area contributed by atoms with Crippen molar-refractivity contribution in [2.75, 3.05) is 7.11 Å². The summed E-state index contributed by atoms with van der Waals surface area (Å²) in [5.41, 5.74) is -0.0608. The van der Waals surface area contributed by atoms with Crippen LogP contribution >= 0.6 is 11.9 Å². The third kappa shape index (κ3) is 2.12. The van der Waals surface area contributed by atoms with Crippen molar-refractivity contribution in [1.82, 2.24) is 0 Å². The molecule has 0 amide bonds. The van der Waals surface area contributed by atoms with Crippen molar-refractivity contribution in [1.29, 1.82) is 0 Å². The third-order valence-corrected chi connectivity index (χ3v) is 1.73. The van der Waals surface area contributed by atoms with Gasteiger partial charge in [0.2, 0.25) is 0 Å². The molecule has 0 aliphatic rings. The summed E-state index contributed by atoms with van der Waals surface area (Å²) in [6, 6.07) is 4.31. The van der Waals surface area contributed by atoms with Gasteiger partial charge in [-0.3, -0.25) is 0 Å². The average molecular weight is 204 g/mol. The van der Waals surface area contributed by atoms with E-state index in [1.54, 1.807) is 0 Å². The van der Waals surface area contributed by atoms with E-state index in [-0.39, 0.29) is 11.2 Å². The second kappa shape index (κ2) is 4.46. The summed E-state index contributed by atoms with van der Waals surface area (Å²) < 4.78 is 22.0. The van der Waals surface area contributed by atoms with Crippen molar-refractivity contribution in [3.05, 3.63) is 24.0 Å². The average Bonchev–Trinajstić information content (AvgIpc) is 2.17. The predicted molar refractivity (Wildman–Crippen MR) is 47.5 cm³/mol. The van der Waals surface area contributed by atoms with Crippen LogP contribution in [0.15, 0.2) is 18.2 Å². The summed E-state index contributed by atoms with van der Waals surface area (Å²) >= 11 is 4.90. The second-order valence-corrected chi connectivity index (χ2v) is 2.48. The number of methoxy groups -OCH3 is 1. The fourth-order valence-corrected chi connectivity index (χ4v) is 1.02. The molecule has 0 fully saturated rings. The topological polar surface area (TPSA) is 38.7 Å². The molecule has 1 aromatic rings. The van der Waals surface area contributed by atoms with Gasteiger partial charge in [0.05, 0.1) is 7.11 Å². The van der Waals surface area contributed by atoms with Crippen molar-refractivity contribution in [3.8, 4) is 5.75 Å². The first kappa shape index (κ1) is 10.3. The minimum absolute atomic E-state index is 0.0327. The molecule has 1 aromatic carbocycles. The van der Waals surface area contributed by atoms with Gasteiger partial charge in [-0.2, -0.15) is 0 Å². The Morgan fingerprint density at radius 2 is 2.23 bits per heavy atom. The van der Waals surface area contributed by atoms with E-state index in [9.17, 15) is 4.39 Å². The minimum Gasteiger partial charge on any atom is -0.494 e. The molecule has 70 valence electrons. The van der Waals surface area contributed by atoms with Gasteiger partial charge in [-0.05, 0) is 6.07 Å². The van der Waals surface area contributed by atoms with Crippen LogP contribution in [0.25, 0.3) is 0 Å². The first-order valence-electron chi connectivity index (χ1n) is 3.48. The standard InChI is InChI=1S/C7H7BClFO3/c1-12-6-4-2-3-5(7(6)10)8(11)13-9/h2-4,11H,1H3. The maximum absolute atomic E-state index is 13.3. The Morgan fingerprint density at radius 1 is 1.54 bits per heavy atom. The molecule has 0 bridgehead atoms. The van der Waals surface area contributed by atoms with Crippen LogP contribution in [-0.2, 0) is 4.21 Å². The lowest BCUT2D eigenvalue weighted by atomic mass is 9.80. The Morgan fingerprint density at radius 3 is 2.77 bits per heavy atom. The Kier molecular flexibility index (Phi) is 3.53. The van der Waals surface area contributed by atoms with E-state index in [0.29, 0.717) is 0 Å². The van der Waals surface area contributed by atoms with Gasteiger partial charge in [0.15, 0.2) is 11.6 Å². The Hall–Kier alpha value is -0.775. The maximum Gasteiger partial charge on any atom is 0.511 e. The normalized spacial score (nSPS) is 9.85. The lowest BCUT2D eigenvalue weighted by Gasteiger charge is -2.06. The maximum atomic E-state index is 13.3. The number of hydrogen-bond acceptors (Lipinski definition) is 3. The summed E-state index contributed by atoms with van der Waals surface area (Å²) in [6.07, 6.45) is 0. The van der Waals surface area contributed by atoms with Crippen LogP contribution in [0.1, 0.15) is 0 Å². The van der Waals surface area contributed by atoms with Crippen LogP contribution in [0.5, 0.6) is 5.75 Å². The van der Waals surface area contributed by atoms with Crippen LogP contribution in [-0.4, -0.2) is 19.3 Å². The monoisotopic (exact) mass is 204 g/mol. The summed E-state index contributed by atoms with van der Waals surface area (Å²) in [6.45, 7) is 0. The SMILES string of the molecule is COc1cccc(B(O)OCl)c1F. The fourth-order valence-electron chi connectivity index (χ4n) is 0.924. The number of hydrogen-bond donors (Lipinski definition) is 1. The number of rotatable bonds is 3. The quantitative estimate of drug-likeness (QED) is 0.736. The third-order valence-electron chi connectivity index (χ3n) is 1.56. The predicted octanol–water partition coefficient (Wildman–Crippen LogP) is 0.692. The van der Waals surface area contributed by atoms with Crippen LogP contribution in [0.2, 0.25) is 0 Å². The molecule has 0 aromatic heterocycles. The highest BCUT2D eigenvalue weighted by Gasteiger charge is 2.22. The van der Waals surface area contributed by atoms with E-state index in [2.05, 4.69) is 4.21 Å². The zero-order valence-electron chi connectivity index (χ0n) is 6.83. The molecule has 0 saturated carbocycles. The molecular weight excluding hydrogens is 197 g/mol. The summed E-state index contributed by atoms with van der Waals surface area (Å²) in [4.78, 5) is 0. The van der Waals surface area contributed by atoms with Gasteiger partial charge in [-0.1, -0.05) is 12.1 Å². The lowest BCUT2D eigenvalue weighted by molar-refractivity contribution is 0.386. The van der Waals surface area contributed by atoms with E-state index in [1.807, 2.05) is 0 Å². The van der Waals surface area contributed by atoms with E-state index >= 15 is 0 Å². The highest BCUT2D eigenvalue weighted by molar-refractivity contribution is 6.63. The summed E-state index contributed by atoms with van der Waals surface area (Å²) in [7, 11) is -0.160.